The van der Waals surface area contributed by atoms with Gasteiger partial charge in [-0.1, -0.05) is 31.4 Å². The van der Waals surface area contributed by atoms with E-state index in [1.807, 2.05) is 4.90 Å². The van der Waals surface area contributed by atoms with Gasteiger partial charge in [-0.15, -0.1) is 11.3 Å². The molecule has 50 heavy (non-hydrogen) atoms. The Hall–Kier alpha value is -3.43. The number of hydrogen-bond donors (Lipinski definition) is 2. The molecule has 0 spiro atoms. The van der Waals surface area contributed by atoms with Crippen LogP contribution in [-0.2, 0) is 33.3 Å². The number of esters is 1. The number of aromatic nitrogens is 1. The van der Waals surface area contributed by atoms with Crippen LogP contribution in [0.3, 0.4) is 0 Å². The van der Waals surface area contributed by atoms with Crippen LogP contribution in [0.15, 0.2) is 29.6 Å². The van der Waals surface area contributed by atoms with Gasteiger partial charge in [0.25, 0.3) is 0 Å². The van der Waals surface area contributed by atoms with Gasteiger partial charge in [-0.05, 0) is 57.7 Å². The molecule has 2 heterocycles. The van der Waals surface area contributed by atoms with Gasteiger partial charge in [0, 0.05) is 17.5 Å². The zero-order chi connectivity index (χ0) is 35.7. The Morgan fingerprint density at radius 2 is 1.64 bits per heavy atom. The standard InChI is InChI=1S/C36H52N4O9S/c1-25(37-2)34(43)39-32(26-9-5-4-6-10-26)36(44)40-15-8-13-30(40)35-38-29(24-50-35)33(42)27-11-7-12-28(23-27)49-22-21-48-20-19-47-18-17-46-16-14-31(41)45-3/h7,11-12,23-26,30,32,37H,4-6,8-10,13-22H2,1-3H3,(H,39,43)/t25-,30-,32-/m0/s1. The van der Waals surface area contributed by atoms with Crippen molar-refractivity contribution in [3.8, 4) is 5.75 Å². The Labute approximate surface area is 298 Å². The maximum atomic E-state index is 14.1. The fraction of sp³-hybridized carbons (Fsp3) is 0.639. The molecule has 1 saturated heterocycles. The van der Waals surface area contributed by atoms with Gasteiger partial charge in [-0.25, -0.2) is 4.98 Å². The van der Waals surface area contributed by atoms with Gasteiger partial charge in [0.1, 0.15) is 29.1 Å². The zero-order valence-electron chi connectivity index (χ0n) is 29.5. The number of hydrogen-bond acceptors (Lipinski definition) is 12. The molecule has 0 bridgehead atoms. The van der Waals surface area contributed by atoms with Gasteiger partial charge in [0.15, 0.2) is 0 Å². The third-order valence-electron chi connectivity index (χ3n) is 9.10. The van der Waals surface area contributed by atoms with Crippen LogP contribution in [0.2, 0.25) is 0 Å². The summed E-state index contributed by atoms with van der Waals surface area (Å²) in [6, 6.07) is 5.78. The number of amides is 2. The average Bonchev–Trinajstić information content (AvgIpc) is 3.84. The van der Waals surface area contributed by atoms with Crippen molar-refractivity contribution >= 4 is 34.9 Å². The first-order valence-corrected chi connectivity index (χ1v) is 18.5. The van der Waals surface area contributed by atoms with Crippen LogP contribution in [0.25, 0.3) is 0 Å². The minimum atomic E-state index is -0.571. The van der Waals surface area contributed by atoms with E-state index >= 15 is 0 Å². The molecule has 2 N–H and O–H groups in total. The number of rotatable bonds is 21. The van der Waals surface area contributed by atoms with E-state index in [1.54, 1.807) is 43.6 Å². The monoisotopic (exact) mass is 716 g/mol. The molecule has 14 heteroatoms. The molecule has 2 fully saturated rings. The van der Waals surface area contributed by atoms with Crippen LogP contribution >= 0.6 is 11.3 Å². The number of nitrogens with one attached hydrogen (secondary N) is 2. The van der Waals surface area contributed by atoms with E-state index in [2.05, 4.69) is 15.4 Å². The molecule has 1 aromatic heterocycles. The molecule has 276 valence electrons. The van der Waals surface area contributed by atoms with Crippen molar-refractivity contribution in [3.63, 3.8) is 0 Å². The van der Waals surface area contributed by atoms with Crippen LogP contribution < -0.4 is 15.4 Å². The predicted octanol–water partition coefficient (Wildman–Crippen LogP) is 3.70. The minimum Gasteiger partial charge on any atom is -0.491 e. The van der Waals surface area contributed by atoms with E-state index in [9.17, 15) is 19.2 Å². The lowest BCUT2D eigenvalue weighted by molar-refractivity contribution is -0.142. The van der Waals surface area contributed by atoms with E-state index in [1.165, 1.54) is 18.4 Å². The number of methoxy groups -OCH3 is 1. The van der Waals surface area contributed by atoms with Gasteiger partial charge in [-0.2, -0.15) is 0 Å². The summed E-state index contributed by atoms with van der Waals surface area (Å²) < 4.78 is 26.7. The SMILES string of the molecule is CN[C@@H](C)C(=O)N[C@H](C(=O)N1CCC[C@H]1c1nc(C(=O)c2cccc(OCCOCCOCCOCCC(=O)OC)c2)cs1)C1CCCCC1. The maximum absolute atomic E-state index is 14.1. The summed E-state index contributed by atoms with van der Waals surface area (Å²) in [6.45, 7) is 4.91. The lowest BCUT2D eigenvalue weighted by atomic mass is 9.83. The summed E-state index contributed by atoms with van der Waals surface area (Å²) in [5.41, 5.74) is 0.791. The van der Waals surface area contributed by atoms with Crippen LogP contribution in [0.5, 0.6) is 5.75 Å². The van der Waals surface area contributed by atoms with Crippen molar-refractivity contribution in [3.05, 3.63) is 45.9 Å². The number of thiazole rings is 1. The Kier molecular flexibility index (Phi) is 16.6. The number of likely N-dealkylation sites (N-methyl/N-ethyl adjacent to an activating group) is 1. The van der Waals surface area contributed by atoms with Crippen LogP contribution in [0.4, 0.5) is 0 Å². The molecule has 1 aliphatic heterocycles. The summed E-state index contributed by atoms with van der Waals surface area (Å²) in [4.78, 5) is 58.0. The van der Waals surface area contributed by atoms with Gasteiger partial charge < -0.3 is 39.2 Å². The topological polar surface area (TPSA) is 155 Å². The third-order valence-corrected chi connectivity index (χ3v) is 10.0. The largest absolute Gasteiger partial charge is 0.491 e. The Balaban J connectivity index is 1.25. The molecule has 13 nitrogen and oxygen atoms in total. The molecule has 2 aliphatic rings. The number of carbonyl (C=O) groups is 4. The number of benzene rings is 1. The molecule has 2 amide bonds. The molecular formula is C36H52N4O9S. The molecule has 3 atom stereocenters. The van der Waals surface area contributed by atoms with E-state index in [0.717, 1.165) is 50.0 Å². The molecule has 0 unspecified atom stereocenters. The van der Waals surface area contributed by atoms with Gasteiger partial charge >= 0.3 is 5.97 Å². The Morgan fingerprint density at radius 3 is 2.34 bits per heavy atom. The number of ketones is 1. The van der Waals surface area contributed by atoms with Crippen LogP contribution in [0.1, 0.15) is 85.4 Å². The number of nitrogens with zero attached hydrogens (tertiary/aromatic N) is 2. The highest BCUT2D eigenvalue weighted by molar-refractivity contribution is 7.10. The van der Waals surface area contributed by atoms with Gasteiger partial charge in [0.2, 0.25) is 17.6 Å². The second kappa shape index (κ2) is 21.1. The maximum Gasteiger partial charge on any atom is 0.307 e. The molecule has 1 aliphatic carbocycles. The van der Waals surface area contributed by atoms with Crippen molar-refractivity contribution in [2.45, 2.75) is 76.4 Å². The van der Waals surface area contributed by atoms with Crippen molar-refractivity contribution < 1.29 is 42.9 Å². The Morgan fingerprint density at radius 1 is 0.940 bits per heavy atom. The highest BCUT2D eigenvalue weighted by Gasteiger charge is 2.40. The number of likely N-dealkylation sites (tertiary alicyclic amines) is 1. The van der Waals surface area contributed by atoms with Crippen molar-refractivity contribution in [1.29, 1.82) is 0 Å². The molecular weight excluding hydrogens is 664 g/mol. The van der Waals surface area contributed by atoms with Gasteiger partial charge in [0.05, 0.1) is 65.3 Å². The highest BCUT2D eigenvalue weighted by Crippen LogP contribution is 2.36. The van der Waals surface area contributed by atoms with Crippen LogP contribution in [-0.4, -0.2) is 112 Å². The first kappa shape index (κ1) is 39.4. The highest BCUT2D eigenvalue weighted by atomic mass is 32.1. The molecule has 2 aromatic rings. The summed E-state index contributed by atoms with van der Waals surface area (Å²) in [5.74, 6) is -0.101. The average molecular weight is 717 g/mol. The second-order valence-corrected chi connectivity index (χ2v) is 13.4. The zero-order valence-corrected chi connectivity index (χ0v) is 30.3. The summed E-state index contributed by atoms with van der Waals surface area (Å²) in [5, 5.41) is 8.53. The lowest BCUT2D eigenvalue weighted by Gasteiger charge is -2.35. The number of ether oxygens (including phenoxy) is 5. The molecule has 4 rings (SSSR count). The predicted molar refractivity (Wildman–Crippen MR) is 187 cm³/mol. The smallest absolute Gasteiger partial charge is 0.307 e. The van der Waals surface area contributed by atoms with Crippen molar-refractivity contribution in [2.75, 3.05) is 67.0 Å². The molecule has 1 saturated carbocycles. The van der Waals surface area contributed by atoms with E-state index in [-0.39, 0.29) is 41.9 Å². The van der Waals surface area contributed by atoms with Crippen molar-refractivity contribution in [1.82, 2.24) is 20.5 Å². The van der Waals surface area contributed by atoms with Crippen LogP contribution in [0, 0.1) is 5.92 Å². The van der Waals surface area contributed by atoms with Gasteiger partial charge in [-0.3, -0.25) is 19.2 Å². The minimum absolute atomic E-state index is 0.0563. The first-order valence-electron chi connectivity index (χ1n) is 17.6. The third kappa shape index (κ3) is 11.8. The van der Waals surface area contributed by atoms with Crippen molar-refractivity contribution in [2.24, 2.45) is 5.92 Å². The molecule has 0 radical (unpaired) electrons. The fourth-order valence-corrected chi connectivity index (χ4v) is 7.11. The lowest BCUT2D eigenvalue weighted by Crippen LogP contribution is -2.55. The quantitative estimate of drug-likeness (QED) is 0.110. The molecule has 1 aromatic carbocycles. The van der Waals surface area contributed by atoms with E-state index < -0.39 is 12.1 Å². The Bertz CT molecular complexity index is 1380. The fourth-order valence-electron chi connectivity index (χ4n) is 6.16. The normalized spacial score (nSPS) is 17.7. The van der Waals surface area contributed by atoms with E-state index in [4.69, 9.17) is 23.9 Å². The van der Waals surface area contributed by atoms with E-state index in [0.29, 0.717) is 69.8 Å². The number of carbonyl (C=O) groups excluding carboxylic acids is 4. The first-order chi connectivity index (χ1) is 24.3. The summed E-state index contributed by atoms with van der Waals surface area (Å²) in [6.07, 6.45) is 6.92. The summed E-state index contributed by atoms with van der Waals surface area (Å²) in [7, 11) is 3.08. The second-order valence-electron chi connectivity index (χ2n) is 12.5. The summed E-state index contributed by atoms with van der Waals surface area (Å²) >= 11 is 1.39.